The topological polar surface area (TPSA) is 45.2 Å². The second-order valence-corrected chi connectivity index (χ2v) is 7.21. The fraction of sp³-hybridized carbons (Fsp3) is 0.647. The Morgan fingerprint density at radius 2 is 2.09 bits per heavy atom. The van der Waals surface area contributed by atoms with Gasteiger partial charge in [0.05, 0.1) is 5.75 Å². The highest BCUT2D eigenvalue weighted by Gasteiger charge is 2.20. The number of carbonyl (C=O) groups excluding carboxylic acids is 1. The summed E-state index contributed by atoms with van der Waals surface area (Å²) in [5.41, 5.74) is 1.21. The van der Waals surface area contributed by atoms with Crippen LogP contribution in [0, 0.1) is 5.92 Å². The maximum Gasteiger partial charge on any atom is 0.230 e. The smallest absolute Gasteiger partial charge is 0.230 e. The Hall–Kier alpha value is -1.07. The van der Waals surface area contributed by atoms with Gasteiger partial charge in [-0.1, -0.05) is 6.92 Å². The van der Waals surface area contributed by atoms with Crippen molar-refractivity contribution in [3.8, 4) is 0 Å². The van der Waals surface area contributed by atoms with Crippen LogP contribution in [-0.2, 0) is 10.5 Å². The summed E-state index contributed by atoms with van der Waals surface area (Å²) in [6.07, 6.45) is 6.13. The van der Waals surface area contributed by atoms with Gasteiger partial charge in [-0.25, -0.2) is 0 Å². The fourth-order valence-corrected chi connectivity index (χ4v) is 3.47. The third kappa shape index (κ3) is 5.97. The van der Waals surface area contributed by atoms with Gasteiger partial charge in [0, 0.05) is 30.7 Å². The lowest BCUT2D eigenvalue weighted by molar-refractivity contribution is -0.118. The molecule has 0 aromatic carbocycles. The van der Waals surface area contributed by atoms with E-state index < -0.39 is 0 Å². The summed E-state index contributed by atoms with van der Waals surface area (Å²) in [4.78, 5) is 18.4. The van der Waals surface area contributed by atoms with Crippen molar-refractivity contribution in [2.75, 3.05) is 25.4 Å². The van der Waals surface area contributed by atoms with E-state index in [1.165, 1.54) is 18.4 Å². The number of likely N-dealkylation sites (tertiary alicyclic amines) is 1. The molecular weight excluding hydrogens is 294 g/mol. The minimum atomic E-state index is 0.135. The maximum atomic E-state index is 11.9. The van der Waals surface area contributed by atoms with E-state index in [0.717, 1.165) is 31.3 Å². The summed E-state index contributed by atoms with van der Waals surface area (Å²) in [5.74, 6) is 2.36. The monoisotopic (exact) mass is 321 g/mol. The van der Waals surface area contributed by atoms with Gasteiger partial charge in [-0.05, 0) is 56.5 Å². The largest absolute Gasteiger partial charge is 0.354 e. The van der Waals surface area contributed by atoms with Crippen LogP contribution in [0.5, 0.6) is 0 Å². The Morgan fingerprint density at radius 1 is 1.41 bits per heavy atom. The van der Waals surface area contributed by atoms with E-state index in [4.69, 9.17) is 0 Å². The van der Waals surface area contributed by atoms with Crippen molar-refractivity contribution < 1.29 is 4.79 Å². The Kier molecular flexibility index (Phi) is 7.19. The number of pyridine rings is 1. The van der Waals surface area contributed by atoms with Crippen LogP contribution in [0.4, 0.5) is 0 Å². The lowest BCUT2D eigenvalue weighted by Gasteiger charge is -2.35. The highest BCUT2D eigenvalue weighted by atomic mass is 32.2. The van der Waals surface area contributed by atoms with Crippen LogP contribution < -0.4 is 5.32 Å². The van der Waals surface area contributed by atoms with Gasteiger partial charge in [-0.3, -0.25) is 14.7 Å². The van der Waals surface area contributed by atoms with Crippen LogP contribution in [0.3, 0.4) is 0 Å². The number of carbonyl (C=O) groups is 1. The van der Waals surface area contributed by atoms with Crippen molar-refractivity contribution >= 4 is 17.7 Å². The zero-order chi connectivity index (χ0) is 15.8. The normalized spacial score (nSPS) is 18.1. The van der Waals surface area contributed by atoms with E-state index in [-0.39, 0.29) is 5.91 Å². The van der Waals surface area contributed by atoms with Crippen LogP contribution in [0.2, 0.25) is 0 Å². The van der Waals surface area contributed by atoms with E-state index in [1.807, 2.05) is 12.1 Å². The highest BCUT2D eigenvalue weighted by molar-refractivity contribution is 7.99. The molecule has 2 heterocycles. The number of rotatable bonds is 7. The van der Waals surface area contributed by atoms with Gasteiger partial charge < -0.3 is 5.32 Å². The van der Waals surface area contributed by atoms with Gasteiger partial charge in [0.15, 0.2) is 0 Å². The van der Waals surface area contributed by atoms with Crippen molar-refractivity contribution in [3.63, 3.8) is 0 Å². The second kappa shape index (κ2) is 9.16. The SMILES string of the molecule is CC1CCN(C(C)CNC(=O)CSCc2ccncc2)CC1. The predicted molar refractivity (Wildman–Crippen MR) is 92.8 cm³/mol. The molecular formula is C17H27N3OS. The van der Waals surface area contributed by atoms with Gasteiger partial charge in [0.2, 0.25) is 5.91 Å². The second-order valence-electron chi connectivity index (χ2n) is 6.22. The zero-order valence-electron chi connectivity index (χ0n) is 13.6. The van der Waals surface area contributed by atoms with Gasteiger partial charge in [-0.2, -0.15) is 0 Å². The molecule has 0 saturated carbocycles. The highest BCUT2D eigenvalue weighted by Crippen LogP contribution is 2.17. The first-order valence-corrected chi connectivity index (χ1v) is 9.28. The summed E-state index contributed by atoms with van der Waals surface area (Å²) >= 11 is 1.65. The van der Waals surface area contributed by atoms with Crippen LogP contribution >= 0.6 is 11.8 Å². The Labute approximate surface area is 138 Å². The van der Waals surface area contributed by atoms with Crippen LogP contribution in [0.25, 0.3) is 0 Å². The molecule has 4 nitrogen and oxygen atoms in total. The van der Waals surface area contributed by atoms with Gasteiger partial charge >= 0.3 is 0 Å². The molecule has 1 aliphatic heterocycles. The van der Waals surface area contributed by atoms with Crippen molar-refractivity contribution in [3.05, 3.63) is 30.1 Å². The molecule has 1 aromatic heterocycles. The summed E-state index contributed by atoms with van der Waals surface area (Å²) in [6.45, 7) is 7.61. The molecule has 5 heteroatoms. The molecule has 2 rings (SSSR count). The van der Waals surface area contributed by atoms with Crippen LogP contribution in [0.1, 0.15) is 32.3 Å². The summed E-state index contributed by atoms with van der Waals surface area (Å²) in [6, 6.07) is 4.41. The predicted octanol–water partition coefficient (Wildman–Crippen LogP) is 2.55. The molecule has 0 aliphatic carbocycles. The molecule has 1 aliphatic rings. The van der Waals surface area contributed by atoms with Crippen molar-refractivity contribution in [1.82, 2.24) is 15.2 Å². The van der Waals surface area contributed by atoms with E-state index in [1.54, 1.807) is 24.2 Å². The van der Waals surface area contributed by atoms with Crippen LogP contribution in [0.15, 0.2) is 24.5 Å². The molecule has 0 spiro atoms. The standard InChI is InChI=1S/C17H27N3OS/c1-14-5-9-20(10-6-14)15(2)11-19-17(21)13-22-12-16-3-7-18-8-4-16/h3-4,7-8,14-15H,5-6,9-13H2,1-2H3,(H,19,21). The molecule has 1 unspecified atom stereocenters. The number of nitrogens with zero attached hydrogens (tertiary/aromatic N) is 2. The average molecular weight is 321 g/mol. The molecule has 1 saturated heterocycles. The first kappa shape index (κ1) is 17.3. The van der Waals surface area contributed by atoms with E-state index in [9.17, 15) is 4.79 Å². The molecule has 22 heavy (non-hydrogen) atoms. The van der Waals surface area contributed by atoms with E-state index in [2.05, 4.69) is 29.0 Å². The van der Waals surface area contributed by atoms with Gasteiger partial charge in [-0.15, -0.1) is 11.8 Å². The molecule has 1 aromatic rings. The van der Waals surface area contributed by atoms with Crippen molar-refractivity contribution in [2.24, 2.45) is 5.92 Å². The number of nitrogens with one attached hydrogen (secondary N) is 1. The quantitative estimate of drug-likeness (QED) is 0.838. The number of aromatic nitrogens is 1. The molecule has 1 fully saturated rings. The lowest BCUT2D eigenvalue weighted by atomic mass is 9.98. The fourth-order valence-electron chi connectivity index (χ4n) is 2.65. The third-order valence-electron chi connectivity index (χ3n) is 4.29. The summed E-state index contributed by atoms with van der Waals surface area (Å²) in [7, 11) is 0. The van der Waals surface area contributed by atoms with Gasteiger partial charge in [0.25, 0.3) is 0 Å². The number of hydrogen-bond acceptors (Lipinski definition) is 4. The molecule has 0 bridgehead atoms. The summed E-state index contributed by atoms with van der Waals surface area (Å²) in [5, 5.41) is 3.06. The minimum absolute atomic E-state index is 0.135. The Bertz CT molecular complexity index is 446. The molecule has 122 valence electrons. The Balaban J connectivity index is 1.59. The lowest BCUT2D eigenvalue weighted by Crippen LogP contribution is -2.45. The third-order valence-corrected chi connectivity index (χ3v) is 5.29. The van der Waals surface area contributed by atoms with E-state index in [0.29, 0.717) is 11.8 Å². The van der Waals surface area contributed by atoms with E-state index >= 15 is 0 Å². The number of amides is 1. The molecule has 1 atom stereocenters. The zero-order valence-corrected chi connectivity index (χ0v) is 14.4. The Morgan fingerprint density at radius 3 is 2.77 bits per heavy atom. The van der Waals surface area contributed by atoms with Gasteiger partial charge in [0.1, 0.15) is 0 Å². The minimum Gasteiger partial charge on any atom is -0.354 e. The molecule has 0 radical (unpaired) electrons. The molecule has 1 N–H and O–H groups in total. The number of piperidine rings is 1. The average Bonchev–Trinajstić information content (AvgIpc) is 2.54. The number of thioether (sulfide) groups is 1. The maximum absolute atomic E-state index is 11.9. The van der Waals surface area contributed by atoms with Crippen molar-refractivity contribution in [2.45, 2.75) is 38.5 Å². The molecule has 1 amide bonds. The van der Waals surface area contributed by atoms with Crippen molar-refractivity contribution in [1.29, 1.82) is 0 Å². The first-order chi connectivity index (χ1) is 10.6. The summed E-state index contributed by atoms with van der Waals surface area (Å²) < 4.78 is 0. The number of hydrogen-bond donors (Lipinski definition) is 1. The first-order valence-electron chi connectivity index (χ1n) is 8.12. The van der Waals surface area contributed by atoms with Crippen LogP contribution in [-0.4, -0.2) is 47.2 Å².